The molecule has 0 unspecified atom stereocenters. The number of piperazine rings is 1. The number of methoxy groups -OCH3 is 1. The second kappa shape index (κ2) is 7.54. The normalized spacial score (nSPS) is 20.1. The molecule has 1 aromatic rings. The lowest BCUT2D eigenvalue weighted by Gasteiger charge is -2.34. The van der Waals surface area contributed by atoms with Crippen molar-refractivity contribution >= 4 is 16.5 Å². The van der Waals surface area contributed by atoms with Gasteiger partial charge in [0.1, 0.15) is 0 Å². The molecular weight excluding hydrogens is 284 g/mol. The molecule has 6 heteroatoms. The topological polar surface area (TPSA) is 40.6 Å². The molecule has 1 saturated carbocycles. The van der Waals surface area contributed by atoms with Crippen LogP contribution in [0.1, 0.15) is 17.7 Å². The van der Waals surface area contributed by atoms with Gasteiger partial charge in [-0.1, -0.05) is 0 Å². The van der Waals surface area contributed by atoms with Crippen molar-refractivity contribution in [3.8, 4) is 0 Å². The molecule has 1 N–H and O–H groups in total. The maximum Gasteiger partial charge on any atom is 0.185 e. The number of rotatable bonds is 8. The summed E-state index contributed by atoms with van der Waals surface area (Å²) in [6, 6.07) is 0. The Kier molecular flexibility index (Phi) is 5.46. The summed E-state index contributed by atoms with van der Waals surface area (Å²) in [6.45, 7) is 8.49. The number of nitrogens with zero attached hydrogens (tertiary/aromatic N) is 3. The standard InChI is InChI=1S/C15H26N4OS/c1-20-9-4-16-10-14-11-17-15(21-14)19-7-5-18(6-8-19)12-13-2-3-13/h11,13,16H,2-10,12H2,1H3. The minimum absolute atomic E-state index is 0.759. The largest absolute Gasteiger partial charge is 0.383 e. The third-order valence-electron chi connectivity index (χ3n) is 4.18. The summed E-state index contributed by atoms with van der Waals surface area (Å²) in [5.41, 5.74) is 0. The average Bonchev–Trinajstić information content (AvgIpc) is 3.20. The van der Waals surface area contributed by atoms with Gasteiger partial charge in [-0.2, -0.15) is 0 Å². The predicted octanol–water partition coefficient (Wildman–Crippen LogP) is 1.41. The molecule has 118 valence electrons. The van der Waals surface area contributed by atoms with Crippen molar-refractivity contribution < 1.29 is 4.74 Å². The van der Waals surface area contributed by atoms with Gasteiger partial charge in [-0.3, -0.25) is 4.90 Å². The smallest absolute Gasteiger partial charge is 0.185 e. The summed E-state index contributed by atoms with van der Waals surface area (Å²) in [7, 11) is 1.73. The van der Waals surface area contributed by atoms with Crippen molar-refractivity contribution in [2.24, 2.45) is 5.92 Å². The summed E-state index contributed by atoms with van der Waals surface area (Å²) in [4.78, 5) is 11.0. The van der Waals surface area contributed by atoms with E-state index in [2.05, 4.69) is 20.1 Å². The van der Waals surface area contributed by atoms with E-state index >= 15 is 0 Å². The van der Waals surface area contributed by atoms with Crippen molar-refractivity contribution in [1.82, 2.24) is 15.2 Å². The minimum Gasteiger partial charge on any atom is -0.383 e. The Morgan fingerprint density at radius 3 is 2.86 bits per heavy atom. The number of ether oxygens (including phenoxy) is 1. The molecule has 1 aliphatic carbocycles. The van der Waals surface area contributed by atoms with Crippen LogP contribution in [-0.2, 0) is 11.3 Å². The van der Waals surface area contributed by atoms with E-state index < -0.39 is 0 Å². The summed E-state index contributed by atoms with van der Waals surface area (Å²) in [5.74, 6) is 1.00. The van der Waals surface area contributed by atoms with Gasteiger partial charge in [0.2, 0.25) is 0 Å². The van der Waals surface area contributed by atoms with Crippen LogP contribution in [0.3, 0.4) is 0 Å². The van der Waals surface area contributed by atoms with Crippen LogP contribution < -0.4 is 10.2 Å². The van der Waals surface area contributed by atoms with E-state index in [9.17, 15) is 0 Å². The molecule has 0 radical (unpaired) electrons. The summed E-state index contributed by atoms with van der Waals surface area (Å²) in [5, 5.41) is 4.56. The lowest BCUT2D eigenvalue weighted by Crippen LogP contribution is -2.46. The second-order valence-corrected chi connectivity index (χ2v) is 7.10. The Morgan fingerprint density at radius 1 is 1.33 bits per heavy atom. The molecule has 21 heavy (non-hydrogen) atoms. The van der Waals surface area contributed by atoms with E-state index in [-0.39, 0.29) is 0 Å². The van der Waals surface area contributed by atoms with Crippen molar-refractivity contribution in [3.05, 3.63) is 11.1 Å². The highest BCUT2D eigenvalue weighted by molar-refractivity contribution is 7.15. The van der Waals surface area contributed by atoms with Crippen LogP contribution in [0.15, 0.2) is 6.20 Å². The number of hydrogen-bond donors (Lipinski definition) is 1. The van der Waals surface area contributed by atoms with Crippen LogP contribution in [0.4, 0.5) is 5.13 Å². The van der Waals surface area contributed by atoms with Gasteiger partial charge in [-0.05, 0) is 18.8 Å². The van der Waals surface area contributed by atoms with E-state index in [1.165, 1.54) is 42.5 Å². The number of thiazole rings is 1. The zero-order valence-electron chi connectivity index (χ0n) is 12.9. The molecule has 0 atom stereocenters. The zero-order chi connectivity index (χ0) is 14.5. The second-order valence-electron chi connectivity index (χ2n) is 6.01. The fourth-order valence-electron chi connectivity index (χ4n) is 2.70. The summed E-state index contributed by atoms with van der Waals surface area (Å²) in [6.07, 6.45) is 4.91. The third kappa shape index (κ3) is 4.64. The summed E-state index contributed by atoms with van der Waals surface area (Å²) < 4.78 is 5.03. The molecule has 3 rings (SSSR count). The van der Waals surface area contributed by atoms with Gasteiger partial charge in [-0.25, -0.2) is 4.98 Å². The Labute approximate surface area is 131 Å². The maximum absolute atomic E-state index is 5.03. The van der Waals surface area contributed by atoms with Crippen LogP contribution in [0, 0.1) is 5.92 Å². The highest BCUT2D eigenvalue weighted by Crippen LogP contribution is 2.30. The van der Waals surface area contributed by atoms with Crippen LogP contribution in [0.5, 0.6) is 0 Å². The van der Waals surface area contributed by atoms with Crippen LogP contribution >= 0.6 is 11.3 Å². The first-order chi connectivity index (χ1) is 10.3. The Bertz CT molecular complexity index is 427. The van der Waals surface area contributed by atoms with E-state index in [0.717, 1.165) is 38.7 Å². The highest BCUT2D eigenvalue weighted by atomic mass is 32.1. The summed E-state index contributed by atoms with van der Waals surface area (Å²) >= 11 is 1.82. The Morgan fingerprint density at radius 2 is 2.14 bits per heavy atom. The number of anilines is 1. The van der Waals surface area contributed by atoms with Crippen LogP contribution in [0.25, 0.3) is 0 Å². The fourth-order valence-corrected chi connectivity index (χ4v) is 3.63. The molecule has 0 aromatic carbocycles. The van der Waals surface area contributed by atoms with Gasteiger partial charge in [-0.15, -0.1) is 11.3 Å². The van der Waals surface area contributed by atoms with Gasteiger partial charge in [0, 0.05) is 64.0 Å². The number of aromatic nitrogens is 1. The predicted molar refractivity (Wildman–Crippen MR) is 87.1 cm³/mol. The van der Waals surface area contributed by atoms with E-state index in [0.29, 0.717) is 0 Å². The third-order valence-corrected chi connectivity index (χ3v) is 5.24. The van der Waals surface area contributed by atoms with Gasteiger partial charge in [0.25, 0.3) is 0 Å². The molecule has 2 fully saturated rings. The Hall–Kier alpha value is -0.690. The number of hydrogen-bond acceptors (Lipinski definition) is 6. The molecule has 2 aliphatic rings. The molecule has 5 nitrogen and oxygen atoms in total. The first kappa shape index (κ1) is 15.2. The molecular formula is C15H26N4OS. The monoisotopic (exact) mass is 310 g/mol. The molecule has 1 saturated heterocycles. The lowest BCUT2D eigenvalue weighted by molar-refractivity contribution is 0.199. The quantitative estimate of drug-likeness (QED) is 0.735. The Balaban J connectivity index is 1.41. The average molecular weight is 310 g/mol. The SMILES string of the molecule is COCCNCc1cnc(N2CCN(CC3CC3)CC2)s1. The number of nitrogens with one attached hydrogen (secondary N) is 1. The van der Waals surface area contributed by atoms with Gasteiger partial charge in [0.05, 0.1) is 6.61 Å². The van der Waals surface area contributed by atoms with E-state index in [1.807, 2.05) is 17.5 Å². The molecule has 0 amide bonds. The van der Waals surface area contributed by atoms with Gasteiger partial charge >= 0.3 is 0 Å². The van der Waals surface area contributed by atoms with E-state index in [1.54, 1.807) is 7.11 Å². The van der Waals surface area contributed by atoms with Gasteiger partial charge < -0.3 is 15.0 Å². The van der Waals surface area contributed by atoms with Crippen molar-refractivity contribution in [2.75, 3.05) is 57.9 Å². The molecule has 0 spiro atoms. The first-order valence-electron chi connectivity index (χ1n) is 7.97. The molecule has 0 bridgehead atoms. The lowest BCUT2D eigenvalue weighted by atomic mass is 10.3. The van der Waals surface area contributed by atoms with Crippen molar-refractivity contribution in [2.45, 2.75) is 19.4 Å². The first-order valence-corrected chi connectivity index (χ1v) is 8.78. The molecule has 1 aromatic heterocycles. The minimum atomic E-state index is 0.759. The van der Waals surface area contributed by atoms with Crippen molar-refractivity contribution in [3.63, 3.8) is 0 Å². The molecule has 2 heterocycles. The maximum atomic E-state index is 5.03. The van der Waals surface area contributed by atoms with Crippen LogP contribution in [0.2, 0.25) is 0 Å². The van der Waals surface area contributed by atoms with Crippen molar-refractivity contribution in [1.29, 1.82) is 0 Å². The van der Waals surface area contributed by atoms with Gasteiger partial charge in [0.15, 0.2) is 5.13 Å². The van der Waals surface area contributed by atoms with E-state index in [4.69, 9.17) is 4.74 Å². The highest BCUT2D eigenvalue weighted by Gasteiger charge is 2.26. The zero-order valence-corrected chi connectivity index (χ0v) is 13.7. The van der Waals surface area contributed by atoms with Crippen LogP contribution in [-0.4, -0.2) is 62.9 Å². The molecule has 1 aliphatic heterocycles. The fraction of sp³-hybridized carbons (Fsp3) is 0.800.